The molecule has 0 radical (unpaired) electrons. The largest absolute Gasteiger partial charge is 0.457 e. The second kappa shape index (κ2) is 8.21. The molecule has 26 heavy (non-hydrogen) atoms. The highest BCUT2D eigenvalue weighted by atomic mass is 16.6. The summed E-state index contributed by atoms with van der Waals surface area (Å²) in [5.74, 6) is -2.46. The fourth-order valence-electron chi connectivity index (χ4n) is 3.59. The number of aryl methyl sites for hydroxylation is 2. The number of rotatable bonds is 7. The van der Waals surface area contributed by atoms with E-state index in [-0.39, 0.29) is 36.9 Å². The van der Waals surface area contributed by atoms with Gasteiger partial charge in [0.25, 0.3) is 0 Å². The number of hydrogen-bond donors (Lipinski definition) is 0. The summed E-state index contributed by atoms with van der Waals surface area (Å²) in [6.07, 6.45) is 0.0137. The first-order valence-electron chi connectivity index (χ1n) is 8.59. The Hall–Kier alpha value is -2.57. The molecule has 0 N–H and O–H groups in total. The Bertz CT molecular complexity index is 742. The van der Waals surface area contributed by atoms with Crippen LogP contribution >= 0.6 is 0 Å². The lowest BCUT2D eigenvalue weighted by atomic mass is 9.88. The molecule has 1 aromatic rings. The van der Waals surface area contributed by atoms with Gasteiger partial charge in [-0.3, -0.25) is 24.5 Å². The quantitative estimate of drug-likeness (QED) is 0.320. The van der Waals surface area contributed by atoms with Crippen LogP contribution in [0.4, 0.5) is 0 Å². The van der Waals surface area contributed by atoms with Gasteiger partial charge >= 0.3 is 5.97 Å². The standard InChI is InChI=1S/C19H23NO6/c1-11-4-5-14(12(2)6-11)18(22)10-26-19(23)8-15-16(9-20(24)25)13(3)7-17(15)21/h4-6,13,15-16H,7-10H2,1-3H3/t13-,15-,16-/m1/s1. The Kier molecular flexibility index (Phi) is 6.23. The predicted molar refractivity (Wildman–Crippen MR) is 93.5 cm³/mol. The number of nitro groups is 1. The molecule has 1 fully saturated rings. The van der Waals surface area contributed by atoms with E-state index in [4.69, 9.17) is 4.74 Å². The molecule has 7 heteroatoms. The molecule has 0 aliphatic heterocycles. The number of ether oxygens (including phenoxy) is 1. The lowest BCUT2D eigenvalue weighted by Crippen LogP contribution is -2.28. The molecule has 0 aromatic heterocycles. The van der Waals surface area contributed by atoms with Crippen LogP contribution in [-0.4, -0.2) is 35.6 Å². The third-order valence-corrected chi connectivity index (χ3v) is 4.98. The maximum Gasteiger partial charge on any atom is 0.306 e. The monoisotopic (exact) mass is 361 g/mol. The molecule has 2 rings (SSSR count). The SMILES string of the molecule is Cc1ccc(C(=O)COC(=O)C[C@H]2C(=O)C[C@@H](C)[C@H]2C[N+](=O)[O-])c(C)c1. The van der Waals surface area contributed by atoms with E-state index in [0.717, 1.165) is 11.1 Å². The van der Waals surface area contributed by atoms with E-state index in [1.54, 1.807) is 13.0 Å². The van der Waals surface area contributed by atoms with Crippen molar-refractivity contribution in [2.45, 2.75) is 33.6 Å². The number of esters is 1. The highest BCUT2D eigenvalue weighted by Gasteiger charge is 2.44. The van der Waals surface area contributed by atoms with Gasteiger partial charge in [0.05, 0.1) is 6.42 Å². The minimum absolute atomic E-state index is 0.137. The zero-order valence-corrected chi connectivity index (χ0v) is 15.2. The molecule has 140 valence electrons. The van der Waals surface area contributed by atoms with Gasteiger partial charge in [-0.2, -0.15) is 0 Å². The van der Waals surface area contributed by atoms with Crippen molar-refractivity contribution in [2.24, 2.45) is 17.8 Å². The van der Waals surface area contributed by atoms with Gasteiger partial charge in [-0.25, -0.2) is 0 Å². The lowest BCUT2D eigenvalue weighted by molar-refractivity contribution is -0.490. The fraction of sp³-hybridized carbons (Fsp3) is 0.526. The summed E-state index contributed by atoms with van der Waals surface area (Å²) in [5.41, 5.74) is 2.32. The number of Topliss-reactive ketones (excluding diaryl/α,β-unsaturated/α-hetero) is 2. The Morgan fingerprint density at radius 2 is 2.00 bits per heavy atom. The lowest BCUT2D eigenvalue weighted by Gasteiger charge is -2.17. The van der Waals surface area contributed by atoms with E-state index >= 15 is 0 Å². The van der Waals surface area contributed by atoms with Crippen molar-refractivity contribution in [1.82, 2.24) is 0 Å². The second-order valence-corrected chi connectivity index (χ2v) is 7.04. The summed E-state index contributed by atoms with van der Waals surface area (Å²) >= 11 is 0. The van der Waals surface area contributed by atoms with Crippen molar-refractivity contribution in [3.63, 3.8) is 0 Å². The number of carbonyl (C=O) groups is 3. The summed E-state index contributed by atoms with van der Waals surface area (Å²) < 4.78 is 5.03. The van der Waals surface area contributed by atoms with Crippen molar-refractivity contribution >= 4 is 17.5 Å². The van der Waals surface area contributed by atoms with Crippen LogP contribution in [0.25, 0.3) is 0 Å². The number of ketones is 2. The third kappa shape index (κ3) is 4.74. The summed E-state index contributed by atoms with van der Waals surface area (Å²) in [6, 6.07) is 5.37. The van der Waals surface area contributed by atoms with Crippen LogP contribution in [0, 0.1) is 41.7 Å². The molecule has 1 aliphatic rings. The van der Waals surface area contributed by atoms with Crippen LogP contribution in [-0.2, 0) is 14.3 Å². The average molecular weight is 361 g/mol. The molecule has 0 unspecified atom stereocenters. The number of carbonyl (C=O) groups excluding carboxylic acids is 3. The third-order valence-electron chi connectivity index (χ3n) is 4.98. The molecule has 1 saturated carbocycles. The Labute approximate surface area is 151 Å². The molecule has 0 bridgehead atoms. The van der Waals surface area contributed by atoms with Crippen molar-refractivity contribution < 1.29 is 24.0 Å². The summed E-state index contributed by atoms with van der Waals surface area (Å²) in [5, 5.41) is 10.8. The summed E-state index contributed by atoms with van der Waals surface area (Å²) in [6.45, 7) is 4.76. The smallest absolute Gasteiger partial charge is 0.306 e. The highest BCUT2D eigenvalue weighted by molar-refractivity contribution is 5.99. The van der Waals surface area contributed by atoms with Gasteiger partial charge in [0.2, 0.25) is 12.3 Å². The first-order valence-corrected chi connectivity index (χ1v) is 8.59. The van der Waals surface area contributed by atoms with Crippen molar-refractivity contribution in [3.05, 3.63) is 45.0 Å². The summed E-state index contributed by atoms with van der Waals surface area (Å²) in [4.78, 5) is 46.7. The van der Waals surface area contributed by atoms with Gasteiger partial charge in [0, 0.05) is 28.7 Å². The molecule has 0 amide bonds. The average Bonchev–Trinajstić information content (AvgIpc) is 2.79. The van der Waals surface area contributed by atoms with E-state index in [0.29, 0.717) is 5.56 Å². The zero-order valence-electron chi connectivity index (χ0n) is 15.2. The number of nitrogens with zero attached hydrogens (tertiary/aromatic N) is 1. The van der Waals surface area contributed by atoms with Gasteiger partial charge in [-0.1, -0.05) is 30.7 Å². The van der Waals surface area contributed by atoms with E-state index in [2.05, 4.69) is 0 Å². The Morgan fingerprint density at radius 1 is 1.31 bits per heavy atom. The molecule has 1 aliphatic carbocycles. The second-order valence-electron chi connectivity index (χ2n) is 7.04. The fourth-order valence-corrected chi connectivity index (χ4v) is 3.59. The van der Waals surface area contributed by atoms with Crippen LogP contribution in [0.3, 0.4) is 0 Å². The van der Waals surface area contributed by atoms with E-state index in [1.165, 1.54) is 0 Å². The summed E-state index contributed by atoms with van der Waals surface area (Å²) in [7, 11) is 0. The molecular weight excluding hydrogens is 338 g/mol. The highest BCUT2D eigenvalue weighted by Crippen LogP contribution is 2.36. The maximum absolute atomic E-state index is 12.2. The number of benzene rings is 1. The van der Waals surface area contributed by atoms with Crippen molar-refractivity contribution in [2.75, 3.05) is 13.2 Å². The molecule has 0 saturated heterocycles. The minimum Gasteiger partial charge on any atom is -0.457 e. The predicted octanol–water partition coefficient (Wildman–Crippen LogP) is 2.54. The van der Waals surface area contributed by atoms with Crippen LogP contribution < -0.4 is 0 Å². The van der Waals surface area contributed by atoms with Gasteiger partial charge in [-0.05, 0) is 25.3 Å². The molecule has 7 nitrogen and oxygen atoms in total. The van der Waals surface area contributed by atoms with Gasteiger partial charge in [0.15, 0.2) is 6.61 Å². The van der Waals surface area contributed by atoms with E-state index in [1.807, 2.05) is 26.0 Å². The molecule has 3 atom stereocenters. The normalized spacial score (nSPS) is 22.3. The first kappa shape index (κ1) is 19.8. The van der Waals surface area contributed by atoms with E-state index < -0.39 is 29.3 Å². The van der Waals surface area contributed by atoms with Crippen LogP contribution in [0.1, 0.15) is 41.3 Å². The van der Waals surface area contributed by atoms with Gasteiger partial charge in [-0.15, -0.1) is 0 Å². The Morgan fingerprint density at radius 3 is 2.62 bits per heavy atom. The topological polar surface area (TPSA) is 104 Å². The van der Waals surface area contributed by atoms with Gasteiger partial charge < -0.3 is 4.74 Å². The maximum atomic E-state index is 12.2. The first-order chi connectivity index (χ1) is 12.2. The minimum atomic E-state index is -0.709. The Balaban J connectivity index is 1.94. The van der Waals surface area contributed by atoms with Crippen molar-refractivity contribution in [1.29, 1.82) is 0 Å². The molecule has 0 spiro atoms. The van der Waals surface area contributed by atoms with Crippen LogP contribution in [0.5, 0.6) is 0 Å². The van der Waals surface area contributed by atoms with E-state index in [9.17, 15) is 24.5 Å². The molecule has 1 aromatic carbocycles. The molecule has 0 heterocycles. The zero-order chi connectivity index (χ0) is 19.4. The van der Waals surface area contributed by atoms with Crippen LogP contribution in [0.2, 0.25) is 0 Å². The van der Waals surface area contributed by atoms with Crippen molar-refractivity contribution in [3.8, 4) is 0 Å². The van der Waals surface area contributed by atoms with Crippen LogP contribution in [0.15, 0.2) is 18.2 Å². The number of hydrogen-bond acceptors (Lipinski definition) is 6. The van der Waals surface area contributed by atoms with Gasteiger partial charge in [0.1, 0.15) is 5.78 Å². The molecular formula is C19H23NO6.